The smallest absolute Gasteiger partial charge is 0.245 e. The third-order valence-corrected chi connectivity index (χ3v) is 5.09. The molecule has 0 aliphatic carbocycles. The highest BCUT2D eigenvalue weighted by atomic mass is 16.5. The first-order valence-electron chi connectivity index (χ1n) is 9.80. The van der Waals surface area contributed by atoms with Crippen LogP contribution in [0.1, 0.15) is 49.2 Å². The van der Waals surface area contributed by atoms with Gasteiger partial charge in [-0.15, -0.1) is 0 Å². The second kappa shape index (κ2) is 8.65. The normalized spacial score (nSPS) is 18.7. The zero-order valence-electron chi connectivity index (χ0n) is 16.8. The number of benzene rings is 1. The number of hydrogen-bond acceptors (Lipinski definition) is 5. The summed E-state index contributed by atoms with van der Waals surface area (Å²) < 4.78 is 5.50. The Kier molecular flexibility index (Phi) is 6.26. The van der Waals surface area contributed by atoms with Crippen molar-refractivity contribution in [2.75, 3.05) is 26.2 Å². The maximum atomic E-state index is 13.0. The molecule has 27 heavy (non-hydrogen) atoms. The van der Waals surface area contributed by atoms with Crippen LogP contribution in [0.5, 0.6) is 0 Å². The quantitative estimate of drug-likeness (QED) is 0.809. The molecule has 1 aliphatic heterocycles. The van der Waals surface area contributed by atoms with Crippen LogP contribution in [0, 0.1) is 19.8 Å². The van der Waals surface area contributed by atoms with Crippen LogP contribution in [0.25, 0.3) is 0 Å². The van der Waals surface area contributed by atoms with Gasteiger partial charge in [-0.05, 0) is 37.3 Å². The van der Waals surface area contributed by atoms with Crippen molar-refractivity contribution >= 4 is 5.91 Å². The van der Waals surface area contributed by atoms with Gasteiger partial charge in [0.2, 0.25) is 11.8 Å². The molecular weight excluding hydrogens is 340 g/mol. The van der Waals surface area contributed by atoms with E-state index in [0.29, 0.717) is 30.6 Å². The number of rotatable bonds is 5. The zero-order chi connectivity index (χ0) is 19.4. The molecule has 1 amide bonds. The zero-order valence-corrected chi connectivity index (χ0v) is 16.8. The van der Waals surface area contributed by atoms with Gasteiger partial charge in [0, 0.05) is 26.2 Å². The van der Waals surface area contributed by atoms with Crippen molar-refractivity contribution in [3.8, 4) is 0 Å². The van der Waals surface area contributed by atoms with Gasteiger partial charge in [-0.1, -0.05) is 43.3 Å². The summed E-state index contributed by atoms with van der Waals surface area (Å²) in [6.07, 6.45) is 1.39. The predicted molar refractivity (Wildman–Crippen MR) is 104 cm³/mol. The lowest BCUT2D eigenvalue weighted by molar-refractivity contribution is -0.130. The van der Waals surface area contributed by atoms with Crippen molar-refractivity contribution in [1.82, 2.24) is 19.9 Å². The second-order valence-corrected chi connectivity index (χ2v) is 7.88. The number of aryl methyl sites for hydroxylation is 2. The van der Waals surface area contributed by atoms with Crippen LogP contribution in [0.3, 0.4) is 0 Å². The maximum absolute atomic E-state index is 13.0. The number of carbonyl (C=O) groups is 1. The molecule has 1 aliphatic rings. The predicted octanol–water partition coefficient (Wildman–Crippen LogP) is 3.16. The number of nitrogens with zero attached hydrogens (tertiary/aromatic N) is 4. The molecule has 6 nitrogen and oxygen atoms in total. The Labute approximate surface area is 161 Å². The summed E-state index contributed by atoms with van der Waals surface area (Å²) in [6, 6.07) is 8.05. The molecule has 146 valence electrons. The number of carbonyl (C=O) groups excluding carboxylic acids is 1. The van der Waals surface area contributed by atoms with Crippen molar-refractivity contribution in [3.63, 3.8) is 0 Å². The first-order valence-corrected chi connectivity index (χ1v) is 9.80. The van der Waals surface area contributed by atoms with Crippen molar-refractivity contribution < 1.29 is 9.32 Å². The molecule has 1 unspecified atom stereocenters. The highest BCUT2D eigenvalue weighted by Gasteiger charge is 2.32. The highest BCUT2D eigenvalue weighted by Crippen LogP contribution is 2.25. The first kappa shape index (κ1) is 19.5. The second-order valence-electron chi connectivity index (χ2n) is 7.88. The van der Waals surface area contributed by atoms with Crippen LogP contribution in [0.4, 0.5) is 0 Å². The SMILES string of the molecule is Cc1noc(C2CN(C(=O)Cc3ccccc3C)CCCN2CC(C)C)n1. The number of amides is 1. The molecule has 1 aromatic heterocycles. The Hall–Kier alpha value is -2.21. The van der Waals surface area contributed by atoms with Crippen LogP contribution in [-0.4, -0.2) is 52.0 Å². The van der Waals surface area contributed by atoms with Gasteiger partial charge in [0.1, 0.15) is 6.04 Å². The molecule has 0 N–H and O–H groups in total. The summed E-state index contributed by atoms with van der Waals surface area (Å²) in [5, 5.41) is 3.97. The third-order valence-electron chi connectivity index (χ3n) is 5.09. The molecule has 0 bridgehead atoms. The van der Waals surface area contributed by atoms with Crippen LogP contribution in [0.15, 0.2) is 28.8 Å². The summed E-state index contributed by atoms with van der Waals surface area (Å²) in [4.78, 5) is 21.8. The Balaban J connectivity index is 1.78. The Morgan fingerprint density at radius 2 is 2.04 bits per heavy atom. The molecule has 3 rings (SSSR count). The maximum Gasteiger partial charge on any atom is 0.245 e. The van der Waals surface area contributed by atoms with Crippen molar-refractivity contribution in [2.45, 2.75) is 46.6 Å². The largest absolute Gasteiger partial charge is 0.340 e. The van der Waals surface area contributed by atoms with E-state index >= 15 is 0 Å². The lowest BCUT2D eigenvalue weighted by Gasteiger charge is -2.30. The van der Waals surface area contributed by atoms with Gasteiger partial charge in [-0.2, -0.15) is 4.98 Å². The van der Waals surface area contributed by atoms with Crippen molar-refractivity contribution in [3.05, 3.63) is 47.1 Å². The van der Waals surface area contributed by atoms with E-state index in [0.717, 1.165) is 37.2 Å². The van der Waals surface area contributed by atoms with Gasteiger partial charge in [-0.25, -0.2) is 0 Å². The fourth-order valence-electron chi connectivity index (χ4n) is 3.72. The minimum absolute atomic E-state index is 0.0445. The lowest BCUT2D eigenvalue weighted by Crippen LogP contribution is -2.39. The third kappa shape index (κ3) is 4.95. The Morgan fingerprint density at radius 1 is 1.26 bits per heavy atom. The van der Waals surface area contributed by atoms with E-state index < -0.39 is 0 Å². The van der Waals surface area contributed by atoms with Crippen LogP contribution in [0.2, 0.25) is 0 Å². The summed E-state index contributed by atoms with van der Waals surface area (Å²) in [5.74, 6) is 1.95. The number of aromatic nitrogens is 2. The molecule has 1 fully saturated rings. The fourth-order valence-corrected chi connectivity index (χ4v) is 3.72. The average molecular weight is 370 g/mol. The van der Waals surface area contributed by atoms with E-state index in [1.807, 2.05) is 30.0 Å². The summed E-state index contributed by atoms with van der Waals surface area (Å²) in [6.45, 7) is 11.5. The molecule has 0 spiro atoms. The molecule has 0 radical (unpaired) electrons. The average Bonchev–Trinajstić information content (AvgIpc) is 2.93. The van der Waals surface area contributed by atoms with Gasteiger partial charge in [-0.3, -0.25) is 9.69 Å². The Morgan fingerprint density at radius 3 is 2.70 bits per heavy atom. The summed E-state index contributed by atoms with van der Waals surface area (Å²) >= 11 is 0. The highest BCUT2D eigenvalue weighted by molar-refractivity contribution is 5.79. The molecule has 1 aromatic carbocycles. The molecule has 2 aromatic rings. The van der Waals surface area contributed by atoms with Crippen molar-refractivity contribution in [1.29, 1.82) is 0 Å². The van der Waals surface area contributed by atoms with Gasteiger partial charge in [0.15, 0.2) is 5.82 Å². The van der Waals surface area contributed by atoms with E-state index in [9.17, 15) is 4.79 Å². The molecule has 6 heteroatoms. The summed E-state index contributed by atoms with van der Waals surface area (Å²) in [5.41, 5.74) is 2.25. The summed E-state index contributed by atoms with van der Waals surface area (Å²) in [7, 11) is 0. The van der Waals surface area contributed by atoms with Crippen LogP contribution in [-0.2, 0) is 11.2 Å². The van der Waals surface area contributed by atoms with Gasteiger partial charge in [0.05, 0.1) is 6.42 Å². The minimum atomic E-state index is -0.0445. The van der Waals surface area contributed by atoms with E-state index in [2.05, 4.69) is 41.9 Å². The van der Waals surface area contributed by atoms with Crippen LogP contribution >= 0.6 is 0 Å². The molecule has 1 saturated heterocycles. The van der Waals surface area contributed by atoms with E-state index in [4.69, 9.17) is 4.52 Å². The topological polar surface area (TPSA) is 62.5 Å². The minimum Gasteiger partial charge on any atom is -0.340 e. The molecular formula is C21H30N4O2. The van der Waals surface area contributed by atoms with Gasteiger partial charge < -0.3 is 9.42 Å². The molecule has 2 heterocycles. The van der Waals surface area contributed by atoms with Gasteiger partial charge in [0.25, 0.3) is 0 Å². The van der Waals surface area contributed by atoms with E-state index in [-0.39, 0.29) is 11.9 Å². The van der Waals surface area contributed by atoms with Gasteiger partial charge >= 0.3 is 0 Å². The Bertz CT molecular complexity index is 771. The molecule has 0 saturated carbocycles. The fraction of sp³-hybridized carbons (Fsp3) is 0.571. The first-order chi connectivity index (χ1) is 12.9. The standard InChI is InChI=1S/C21H30N4O2/c1-15(2)13-24-10-7-11-25(14-19(24)21-22-17(4)23-27-21)20(26)12-18-9-6-5-8-16(18)3/h5-6,8-9,15,19H,7,10-14H2,1-4H3. The van der Waals surface area contributed by atoms with Crippen LogP contribution < -0.4 is 0 Å². The lowest BCUT2D eigenvalue weighted by atomic mass is 10.1. The number of hydrogen-bond donors (Lipinski definition) is 0. The van der Waals surface area contributed by atoms with E-state index in [1.54, 1.807) is 0 Å². The monoisotopic (exact) mass is 370 g/mol. The molecule has 1 atom stereocenters. The van der Waals surface area contributed by atoms with E-state index in [1.165, 1.54) is 0 Å². The van der Waals surface area contributed by atoms with Crippen molar-refractivity contribution in [2.24, 2.45) is 5.92 Å².